The highest BCUT2D eigenvalue weighted by molar-refractivity contribution is 4.25. The molecule has 0 atom stereocenters. The third-order valence-corrected chi connectivity index (χ3v) is 1.11. The number of quaternary nitrogens is 1. The van der Waals surface area contributed by atoms with Gasteiger partial charge in [0.2, 0.25) is 0 Å². The van der Waals surface area contributed by atoms with E-state index in [0.29, 0.717) is 0 Å². The van der Waals surface area contributed by atoms with Gasteiger partial charge < -0.3 is 33.2 Å². The molecule has 0 saturated carbocycles. The monoisotopic (exact) mass is 259 g/mol. The highest BCUT2D eigenvalue weighted by atomic mass is 127. The summed E-state index contributed by atoms with van der Waals surface area (Å²) in [6.07, 6.45) is 0. The molecule has 0 fully saturated rings. The SMILES string of the molecule is CCOCC[N+](C)(C)C.[I-]. The lowest BCUT2D eigenvalue weighted by Gasteiger charge is -2.23. The van der Waals surface area contributed by atoms with E-state index in [9.17, 15) is 0 Å². The van der Waals surface area contributed by atoms with Gasteiger partial charge in [-0.05, 0) is 6.92 Å². The fraction of sp³-hybridized carbons (Fsp3) is 1.00. The normalized spacial score (nSPS) is 10.8. The molecule has 10 heavy (non-hydrogen) atoms. The van der Waals surface area contributed by atoms with Crippen LogP contribution in [0.15, 0.2) is 0 Å². The van der Waals surface area contributed by atoms with Crippen molar-refractivity contribution >= 4 is 0 Å². The van der Waals surface area contributed by atoms with Crippen molar-refractivity contribution < 1.29 is 33.2 Å². The molecule has 0 bridgehead atoms. The molecule has 64 valence electrons. The van der Waals surface area contributed by atoms with E-state index in [1.165, 1.54) is 0 Å². The lowest BCUT2D eigenvalue weighted by molar-refractivity contribution is -0.870. The van der Waals surface area contributed by atoms with Crippen molar-refractivity contribution in [2.24, 2.45) is 0 Å². The Kier molecular flexibility index (Phi) is 8.44. The Hall–Kier alpha value is 0.650. The molecule has 0 N–H and O–H groups in total. The summed E-state index contributed by atoms with van der Waals surface area (Å²) in [6.45, 7) is 4.82. The third-order valence-electron chi connectivity index (χ3n) is 1.11. The lowest BCUT2D eigenvalue weighted by atomic mass is 10.5. The van der Waals surface area contributed by atoms with Gasteiger partial charge in [-0.15, -0.1) is 0 Å². The predicted octanol–water partition coefficient (Wildman–Crippen LogP) is -2.27. The average molecular weight is 259 g/mol. The van der Waals surface area contributed by atoms with Crippen LogP contribution in [0.1, 0.15) is 6.92 Å². The zero-order chi connectivity index (χ0) is 7.33. The Labute approximate surface area is 81.2 Å². The van der Waals surface area contributed by atoms with Crippen molar-refractivity contribution in [2.45, 2.75) is 6.92 Å². The number of halogens is 1. The molecular formula is C7H18INO. The quantitative estimate of drug-likeness (QED) is 0.314. The molecule has 0 aromatic carbocycles. The molecule has 0 saturated heterocycles. The maximum Gasteiger partial charge on any atom is 0.102 e. The number of rotatable bonds is 4. The number of nitrogens with zero attached hydrogens (tertiary/aromatic N) is 1. The third kappa shape index (κ3) is 11.4. The van der Waals surface area contributed by atoms with Gasteiger partial charge in [0.05, 0.1) is 27.7 Å². The first-order chi connectivity index (χ1) is 4.06. The van der Waals surface area contributed by atoms with Crippen molar-refractivity contribution in [1.29, 1.82) is 0 Å². The Balaban J connectivity index is 0. The summed E-state index contributed by atoms with van der Waals surface area (Å²) < 4.78 is 6.18. The van der Waals surface area contributed by atoms with E-state index in [1.54, 1.807) is 0 Å². The standard InChI is InChI=1S/C7H18NO.HI/c1-5-9-7-6-8(2,3)4;/h5-7H2,1-4H3;1H/q+1;/p-1. The van der Waals surface area contributed by atoms with Gasteiger partial charge in [0.15, 0.2) is 0 Å². The Morgan fingerprint density at radius 3 is 2.00 bits per heavy atom. The highest BCUT2D eigenvalue weighted by Crippen LogP contribution is 1.88. The second kappa shape index (κ2) is 6.37. The molecule has 0 heterocycles. The van der Waals surface area contributed by atoms with Gasteiger partial charge in [0, 0.05) is 6.61 Å². The van der Waals surface area contributed by atoms with Gasteiger partial charge in [0.25, 0.3) is 0 Å². The van der Waals surface area contributed by atoms with Crippen LogP contribution in [0, 0.1) is 0 Å². The first kappa shape index (κ1) is 13.3. The minimum Gasteiger partial charge on any atom is -1.00 e. The fourth-order valence-electron chi connectivity index (χ4n) is 0.483. The summed E-state index contributed by atoms with van der Waals surface area (Å²) in [7, 11) is 6.50. The van der Waals surface area contributed by atoms with Gasteiger partial charge in [0.1, 0.15) is 6.54 Å². The van der Waals surface area contributed by atoms with Crippen LogP contribution >= 0.6 is 0 Å². The Bertz CT molecular complexity index is 70.5. The van der Waals surface area contributed by atoms with Gasteiger partial charge in [-0.1, -0.05) is 0 Å². The Morgan fingerprint density at radius 1 is 1.20 bits per heavy atom. The van der Waals surface area contributed by atoms with E-state index in [1.807, 2.05) is 6.92 Å². The van der Waals surface area contributed by atoms with Crippen LogP contribution in [-0.2, 0) is 4.74 Å². The van der Waals surface area contributed by atoms with Crippen molar-refractivity contribution in [3.05, 3.63) is 0 Å². The van der Waals surface area contributed by atoms with Crippen LogP contribution < -0.4 is 24.0 Å². The molecule has 0 rings (SSSR count). The molecule has 2 nitrogen and oxygen atoms in total. The Morgan fingerprint density at radius 2 is 1.70 bits per heavy atom. The summed E-state index contributed by atoms with van der Waals surface area (Å²) in [6, 6.07) is 0. The van der Waals surface area contributed by atoms with Gasteiger partial charge >= 0.3 is 0 Å². The second-order valence-corrected chi connectivity index (χ2v) is 3.21. The molecule has 0 aliphatic rings. The summed E-state index contributed by atoms with van der Waals surface area (Å²) >= 11 is 0. The molecule has 0 amide bonds. The average Bonchev–Trinajstić information content (AvgIpc) is 1.63. The smallest absolute Gasteiger partial charge is 0.102 e. The number of hydrogen-bond donors (Lipinski definition) is 0. The van der Waals surface area contributed by atoms with E-state index >= 15 is 0 Å². The lowest BCUT2D eigenvalue weighted by Crippen LogP contribution is -3.00. The van der Waals surface area contributed by atoms with Crippen LogP contribution in [-0.4, -0.2) is 45.4 Å². The maximum atomic E-state index is 5.19. The van der Waals surface area contributed by atoms with Crippen LogP contribution in [0.5, 0.6) is 0 Å². The van der Waals surface area contributed by atoms with Gasteiger partial charge in [-0.25, -0.2) is 0 Å². The second-order valence-electron chi connectivity index (χ2n) is 3.21. The fourth-order valence-corrected chi connectivity index (χ4v) is 0.483. The van der Waals surface area contributed by atoms with Crippen LogP contribution in [0.3, 0.4) is 0 Å². The summed E-state index contributed by atoms with van der Waals surface area (Å²) in [4.78, 5) is 0. The predicted molar refractivity (Wildman–Crippen MR) is 39.4 cm³/mol. The minimum atomic E-state index is 0. The molecule has 0 aromatic heterocycles. The van der Waals surface area contributed by atoms with E-state index in [4.69, 9.17) is 4.74 Å². The first-order valence-electron chi connectivity index (χ1n) is 3.44. The molecule has 3 heteroatoms. The number of likely N-dealkylation sites (N-methyl/N-ethyl adjacent to an activating group) is 1. The van der Waals surface area contributed by atoms with Gasteiger partial charge in [-0.3, -0.25) is 0 Å². The summed E-state index contributed by atoms with van der Waals surface area (Å²) in [5.74, 6) is 0. The van der Waals surface area contributed by atoms with Crippen molar-refractivity contribution in [2.75, 3.05) is 40.9 Å². The van der Waals surface area contributed by atoms with Gasteiger partial charge in [-0.2, -0.15) is 0 Å². The van der Waals surface area contributed by atoms with Crippen molar-refractivity contribution in [1.82, 2.24) is 0 Å². The van der Waals surface area contributed by atoms with E-state index in [2.05, 4.69) is 21.1 Å². The minimum absolute atomic E-state index is 0. The van der Waals surface area contributed by atoms with Crippen LogP contribution in [0.25, 0.3) is 0 Å². The number of ether oxygens (including phenoxy) is 1. The van der Waals surface area contributed by atoms with Crippen molar-refractivity contribution in [3.63, 3.8) is 0 Å². The van der Waals surface area contributed by atoms with E-state index in [0.717, 1.165) is 24.2 Å². The molecule has 0 aliphatic carbocycles. The molecule has 0 radical (unpaired) electrons. The van der Waals surface area contributed by atoms with Crippen LogP contribution in [0.4, 0.5) is 0 Å². The largest absolute Gasteiger partial charge is 1.00 e. The molecule has 0 aromatic rings. The topological polar surface area (TPSA) is 9.23 Å². The van der Waals surface area contributed by atoms with E-state index < -0.39 is 0 Å². The first-order valence-corrected chi connectivity index (χ1v) is 3.44. The number of hydrogen-bond acceptors (Lipinski definition) is 1. The zero-order valence-electron chi connectivity index (χ0n) is 7.35. The molecular weight excluding hydrogens is 241 g/mol. The molecule has 0 spiro atoms. The maximum absolute atomic E-state index is 5.19. The summed E-state index contributed by atoms with van der Waals surface area (Å²) in [5.41, 5.74) is 0. The van der Waals surface area contributed by atoms with E-state index in [-0.39, 0.29) is 24.0 Å². The molecule has 0 aliphatic heterocycles. The summed E-state index contributed by atoms with van der Waals surface area (Å²) in [5, 5.41) is 0. The van der Waals surface area contributed by atoms with Crippen molar-refractivity contribution in [3.8, 4) is 0 Å². The highest BCUT2D eigenvalue weighted by Gasteiger charge is 2.04. The molecule has 0 unspecified atom stereocenters. The van der Waals surface area contributed by atoms with Crippen LogP contribution in [0.2, 0.25) is 0 Å². The zero-order valence-corrected chi connectivity index (χ0v) is 9.51.